The highest BCUT2D eigenvalue weighted by atomic mass is 19.4. The number of halogens is 3. The number of hydrogen-bond donors (Lipinski definition) is 1. The summed E-state index contributed by atoms with van der Waals surface area (Å²) in [4.78, 5) is 23.0. The van der Waals surface area contributed by atoms with Crippen molar-refractivity contribution < 1.29 is 32.6 Å². The normalized spacial score (nSPS) is 17.2. The van der Waals surface area contributed by atoms with E-state index in [2.05, 4.69) is 4.74 Å². The van der Waals surface area contributed by atoms with Crippen LogP contribution in [-0.4, -0.2) is 29.3 Å². The molecule has 2 unspecified atom stereocenters. The van der Waals surface area contributed by atoms with E-state index in [9.17, 15) is 22.8 Å². The number of alkyl halides is 3. The summed E-state index contributed by atoms with van der Waals surface area (Å²) < 4.78 is 41.6. The van der Waals surface area contributed by atoms with Gasteiger partial charge in [0.25, 0.3) is 0 Å². The first-order valence-electron chi connectivity index (χ1n) is 6.27. The largest absolute Gasteiger partial charge is 0.481 e. The number of carbonyl (C=O) groups excluding carboxylic acids is 1. The van der Waals surface area contributed by atoms with Crippen molar-refractivity contribution in [2.75, 3.05) is 0 Å². The van der Waals surface area contributed by atoms with E-state index in [-0.39, 0.29) is 12.8 Å². The molecule has 0 bridgehead atoms. The Morgan fingerprint density at radius 1 is 1.20 bits per heavy atom. The molecule has 4 nitrogen and oxygen atoms in total. The van der Waals surface area contributed by atoms with Crippen molar-refractivity contribution in [3.63, 3.8) is 0 Å². The van der Waals surface area contributed by atoms with Crippen LogP contribution in [0.2, 0.25) is 0 Å². The molecule has 0 rings (SSSR count). The van der Waals surface area contributed by atoms with Crippen LogP contribution in [0.15, 0.2) is 0 Å². The van der Waals surface area contributed by atoms with Crippen molar-refractivity contribution in [2.24, 2.45) is 10.8 Å². The van der Waals surface area contributed by atoms with Gasteiger partial charge in [-0.15, -0.1) is 0 Å². The van der Waals surface area contributed by atoms with Gasteiger partial charge in [0.2, 0.25) is 0 Å². The van der Waals surface area contributed by atoms with Crippen LogP contribution < -0.4 is 0 Å². The highest BCUT2D eigenvalue weighted by Gasteiger charge is 2.46. The smallest absolute Gasteiger partial charge is 0.425 e. The first-order chi connectivity index (χ1) is 8.76. The molecule has 0 aliphatic heterocycles. The van der Waals surface area contributed by atoms with Crippen molar-refractivity contribution in [2.45, 2.75) is 59.7 Å². The molecule has 0 aromatic rings. The molecule has 0 spiro atoms. The molecule has 118 valence electrons. The fourth-order valence-electron chi connectivity index (χ4n) is 1.76. The zero-order valence-electron chi connectivity index (χ0n) is 12.3. The third-order valence-corrected chi connectivity index (χ3v) is 3.43. The standard InChI is InChI=1S/C13H21F3O4/c1-6-12(5,7-11(3,4)9(17)18)10(19)20-8(2)13(14,15)16/h8H,6-7H2,1-5H3,(H,17,18). The van der Waals surface area contributed by atoms with E-state index in [1.54, 1.807) is 6.92 Å². The topological polar surface area (TPSA) is 63.6 Å². The average Bonchev–Trinajstić information content (AvgIpc) is 2.26. The van der Waals surface area contributed by atoms with Crippen LogP contribution in [0.25, 0.3) is 0 Å². The zero-order valence-corrected chi connectivity index (χ0v) is 12.3. The molecule has 20 heavy (non-hydrogen) atoms. The quantitative estimate of drug-likeness (QED) is 0.763. The predicted molar refractivity (Wildman–Crippen MR) is 66.0 cm³/mol. The maximum Gasteiger partial charge on any atom is 0.425 e. The number of carbonyl (C=O) groups is 2. The second-order valence-corrected chi connectivity index (χ2v) is 5.87. The molecule has 0 aliphatic rings. The van der Waals surface area contributed by atoms with Crippen LogP contribution in [0.4, 0.5) is 13.2 Å². The summed E-state index contributed by atoms with van der Waals surface area (Å²) in [5, 5.41) is 9.06. The van der Waals surface area contributed by atoms with Crippen molar-refractivity contribution in [1.82, 2.24) is 0 Å². The van der Waals surface area contributed by atoms with Crippen LogP contribution >= 0.6 is 0 Å². The number of rotatable bonds is 6. The number of esters is 1. The minimum absolute atomic E-state index is 0.102. The van der Waals surface area contributed by atoms with E-state index in [4.69, 9.17) is 5.11 Å². The van der Waals surface area contributed by atoms with Crippen molar-refractivity contribution in [3.8, 4) is 0 Å². The summed E-state index contributed by atoms with van der Waals surface area (Å²) in [6.07, 6.45) is -6.76. The molecule has 0 saturated heterocycles. The molecule has 2 atom stereocenters. The van der Waals surface area contributed by atoms with E-state index in [1.807, 2.05) is 0 Å². The lowest BCUT2D eigenvalue weighted by Gasteiger charge is -2.33. The van der Waals surface area contributed by atoms with Gasteiger partial charge in [-0.25, -0.2) is 0 Å². The van der Waals surface area contributed by atoms with Crippen LogP contribution in [0.1, 0.15) is 47.5 Å². The Hall–Kier alpha value is -1.27. The van der Waals surface area contributed by atoms with E-state index in [0.29, 0.717) is 0 Å². The van der Waals surface area contributed by atoms with Gasteiger partial charge in [-0.3, -0.25) is 9.59 Å². The predicted octanol–water partition coefficient (Wildman–Crippen LogP) is 3.40. The molecule has 0 amide bonds. The highest BCUT2D eigenvalue weighted by Crippen LogP contribution is 2.38. The zero-order chi connectivity index (χ0) is 16.4. The van der Waals surface area contributed by atoms with E-state index in [0.717, 1.165) is 6.92 Å². The summed E-state index contributed by atoms with van der Waals surface area (Å²) in [6, 6.07) is 0. The lowest BCUT2D eigenvalue weighted by atomic mass is 9.72. The molecule has 0 aromatic carbocycles. The molecule has 0 aliphatic carbocycles. The Balaban J connectivity index is 5.06. The average molecular weight is 298 g/mol. The lowest BCUT2D eigenvalue weighted by Crippen LogP contribution is -2.41. The van der Waals surface area contributed by atoms with Gasteiger partial charge in [-0.05, 0) is 40.5 Å². The molecule has 0 aromatic heterocycles. The van der Waals surface area contributed by atoms with E-state index < -0.39 is 35.0 Å². The Morgan fingerprint density at radius 3 is 1.95 bits per heavy atom. The number of aliphatic carboxylic acids is 1. The monoisotopic (exact) mass is 298 g/mol. The molecular weight excluding hydrogens is 277 g/mol. The number of ether oxygens (including phenoxy) is 1. The Labute approximate surface area is 116 Å². The second kappa shape index (κ2) is 6.01. The van der Waals surface area contributed by atoms with Crippen molar-refractivity contribution >= 4 is 11.9 Å². The Morgan fingerprint density at radius 2 is 1.65 bits per heavy atom. The minimum Gasteiger partial charge on any atom is -0.481 e. The van der Waals surface area contributed by atoms with Crippen molar-refractivity contribution in [3.05, 3.63) is 0 Å². The summed E-state index contributed by atoms with van der Waals surface area (Å²) in [5.41, 5.74) is -2.51. The first-order valence-corrected chi connectivity index (χ1v) is 6.27. The van der Waals surface area contributed by atoms with Crippen LogP contribution in [0, 0.1) is 10.8 Å². The maximum absolute atomic E-state index is 12.4. The number of carboxylic acids is 1. The van der Waals surface area contributed by atoms with Gasteiger partial charge in [0.05, 0.1) is 10.8 Å². The van der Waals surface area contributed by atoms with Gasteiger partial charge in [0.1, 0.15) is 0 Å². The highest BCUT2D eigenvalue weighted by molar-refractivity contribution is 5.79. The van der Waals surface area contributed by atoms with Gasteiger partial charge in [-0.1, -0.05) is 6.92 Å². The second-order valence-electron chi connectivity index (χ2n) is 5.87. The molecule has 0 heterocycles. The van der Waals surface area contributed by atoms with Gasteiger partial charge >= 0.3 is 18.1 Å². The fourth-order valence-corrected chi connectivity index (χ4v) is 1.76. The molecule has 0 fully saturated rings. The third kappa shape index (κ3) is 4.68. The fraction of sp³-hybridized carbons (Fsp3) is 0.846. The summed E-state index contributed by atoms with van der Waals surface area (Å²) in [5.74, 6) is -2.15. The molecule has 7 heteroatoms. The Kier molecular flexibility index (Phi) is 5.63. The van der Waals surface area contributed by atoms with Crippen LogP contribution in [-0.2, 0) is 14.3 Å². The third-order valence-electron chi connectivity index (χ3n) is 3.43. The van der Waals surface area contributed by atoms with Crippen LogP contribution in [0.5, 0.6) is 0 Å². The maximum atomic E-state index is 12.4. The lowest BCUT2D eigenvalue weighted by molar-refractivity contribution is -0.222. The number of carboxylic acid groups (broad SMARTS) is 1. The summed E-state index contributed by atoms with van der Waals surface area (Å²) >= 11 is 0. The molecule has 0 radical (unpaired) electrons. The van der Waals surface area contributed by atoms with Gasteiger partial charge < -0.3 is 9.84 Å². The van der Waals surface area contributed by atoms with Crippen molar-refractivity contribution in [1.29, 1.82) is 0 Å². The van der Waals surface area contributed by atoms with Gasteiger partial charge in [0, 0.05) is 0 Å². The van der Waals surface area contributed by atoms with Crippen LogP contribution in [0.3, 0.4) is 0 Å². The Bertz CT molecular complexity index is 376. The van der Waals surface area contributed by atoms with E-state index >= 15 is 0 Å². The SMILES string of the molecule is CCC(C)(CC(C)(C)C(=O)O)C(=O)OC(C)C(F)(F)F. The minimum atomic E-state index is -4.63. The molecule has 0 saturated carbocycles. The first kappa shape index (κ1) is 18.7. The summed E-state index contributed by atoms with van der Waals surface area (Å²) in [7, 11) is 0. The van der Waals surface area contributed by atoms with Gasteiger partial charge in [0.15, 0.2) is 6.10 Å². The van der Waals surface area contributed by atoms with Gasteiger partial charge in [-0.2, -0.15) is 13.2 Å². The molecular formula is C13H21F3O4. The summed E-state index contributed by atoms with van der Waals surface area (Å²) in [6.45, 7) is 6.62. The molecule has 1 N–H and O–H groups in total. The number of hydrogen-bond acceptors (Lipinski definition) is 3. The van der Waals surface area contributed by atoms with E-state index in [1.165, 1.54) is 20.8 Å².